The number of ether oxygens (including phenoxy) is 1. The molecular formula is C19H18N2O3. The van der Waals surface area contributed by atoms with E-state index in [1.807, 2.05) is 18.2 Å². The highest BCUT2D eigenvalue weighted by Crippen LogP contribution is 2.53. The molecule has 0 saturated carbocycles. The highest BCUT2D eigenvalue weighted by atomic mass is 16.6. The molecule has 24 heavy (non-hydrogen) atoms. The van der Waals surface area contributed by atoms with Crippen LogP contribution in [0, 0.1) is 16.0 Å². The number of methoxy groups -OCH3 is 1. The van der Waals surface area contributed by atoms with Crippen LogP contribution in [0.25, 0.3) is 0 Å². The van der Waals surface area contributed by atoms with Gasteiger partial charge in [0.25, 0.3) is 5.69 Å². The molecule has 0 amide bonds. The lowest BCUT2D eigenvalue weighted by Crippen LogP contribution is -2.29. The molecule has 0 radical (unpaired) electrons. The molecule has 3 atom stereocenters. The van der Waals surface area contributed by atoms with Crippen molar-refractivity contribution in [3.05, 3.63) is 75.9 Å². The molecule has 1 aliphatic heterocycles. The summed E-state index contributed by atoms with van der Waals surface area (Å²) in [6.45, 7) is 0. The molecule has 4 rings (SSSR count). The van der Waals surface area contributed by atoms with Gasteiger partial charge >= 0.3 is 0 Å². The van der Waals surface area contributed by atoms with E-state index >= 15 is 0 Å². The first-order valence-electron chi connectivity index (χ1n) is 8.03. The fourth-order valence-corrected chi connectivity index (χ4v) is 3.91. The molecule has 122 valence electrons. The zero-order chi connectivity index (χ0) is 16.7. The van der Waals surface area contributed by atoms with Crippen LogP contribution < -0.4 is 10.1 Å². The summed E-state index contributed by atoms with van der Waals surface area (Å²) < 4.78 is 5.45. The number of nitro benzene ring substituents is 1. The molecule has 0 spiro atoms. The van der Waals surface area contributed by atoms with Crippen LogP contribution in [0.5, 0.6) is 5.75 Å². The third-order valence-electron chi connectivity index (χ3n) is 5.01. The van der Waals surface area contributed by atoms with Crippen LogP contribution in [0.1, 0.15) is 29.5 Å². The molecule has 5 nitrogen and oxygen atoms in total. The van der Waals surface area contributed by atoms with Crippen LogP contribution in [-0.4, -0.2) is 12.0 Å². The van der Waals surface area contributed by atoms with Crippen molar-refractivity contribution in [2.45, 2.75) is 18.4 Å². The van der Waals surface area contributed by atoms with Crippen LogP contribution in [-0.2, 0) is 0 Å². The van der Waals surface area contributed by atoms with E-state index < -0.39 is 0 Å². The summed E-state index contributed by atoms with van der Waals surface area (Å²) in [7, 11) is 1.55. The SMILES string of the molecule is COc1cc([N+](=O)[O-])cc2c1N[C@@H](c1ccccc1)[C@@H]1CC=C[C@H]21. The third-order valence-corrected chi connectivity index (χ3v) is 5.01. The molecule has 0 aromatic heterocycles. The molecule has 0 fully saturated rings. The Hall–Kier alpha value is -2.82. The lowest BCUT2D eigenvalue weighted by molar-refractivity contribution is -0.385. The van der Waals surface area contributed by atoms with Crippen LogP contribution in [0.3, 0.4) is 0 Å². The quantitative estimate of drug-likeness (QED) is 0.516. The van der Waals surface area contributed by atoms with Crippen molar-refractivity contribution in [2.75, 3.05) is 12.4 Å². The van der Waals surface area contributed by atoms with Gasteiger partial charge < -0.3 is 10.1 Å². The van der Waals surface area contributed by atoms with Gasteiger partial charge in [0.1, 0.15) is 5.75 Å². The fraction of sp³-hybridized carbons (Fsp3) is 0.263. The smallest absolute Gasteiger partial charge is 0.273 e. The largest absolute Gasteiger partial charge is 0.494 e. The molecule has 0 unspecified atom stereocenters. The van der Waals surface area contributed by atoms with Crippen LogP contribution >= 0.6 is 0 Å². The van der Waals surface area contributed by atoms with Crippen molar-refractivity contribution in [1.82, 2.24) is 0 Å². The van der Waals surface area contributed by atoms with Gasteiger partial charge in [-0.25, -0.2) is 0 Å². The molecule has 0 saturated heterocycles. The number of non-ortho nitro benzene ring substituents is 1. The monoisotopic (exact) mass is 322 g/mol. The first-order valence-corrected chi connectivity index (χ1v) is 8.03. The summed E-state index contributed by atoms with van der Waals surface area (Å²) >= 11 is 0. The molecule has 2 aromatic carbocycles. The Balaban J connectivity index is 1.86. The number of rotatable bonds is 3. The van der Waals surface area contributed by atoms with E-state index in [1.54, 1.807) is 13.2 Å². The number of benzene rings is 2. The molecule has 1 aliphatic carbocycles. The van der Waals surface area contributed by atoms with Gasteiger partial charge in [-0.3, -0.25) is 10.1 Å². The van der Waals surface area contributed by atoms with Crippen molar-refractivity contribution >= 4 is 11.4 Å². The number of nitro groups is 1. The van der Waals surface area contributed by atoms with Crippen LogP contribution in [0.2, 0.25) is 0 Å². The Morgan fingerprint density at radius 2 is 2.04 bits per heavy atom. The van der Waals surface area contributed by atoms with Crippen molar-refractivity contribution in [3.63, 3.8) is 0 Å². The van der Waals surface area contributed by atoms with Gasteiger partial charge in [0, 0.05) is 12.0 Å². The second kappa shape index (κ2) is 5.67. The number of nitrogens with one attached hydrogen (secondary N) is 1. The predicted molar refractivity (Wildman–Crippen MR) is 92.4 cm³/mol. The standard InChI is InChI=1S/C19H18N2O3/c1-24-17-11-13(21(22)23)10-16-14-8-5-9-15(14)18(20-19(16)17)12-6-3-2-4-7-12/h2-8,10-11,14-15,18,20H,9H2,1H3/t14-,15+,18-/m0/s1. The van der Waals surface area contributed by atoms with Crippen LogP contribution in [0.15, 0.2) is 54.6 Å². The summed E-state index contributed by atoms with van der Waals surface area (Å²) in [6.07, 6.45) is 5.30. The molecule has 1 N–H and O–H groups in total. The summed E-state index contributed by atoms with van der Waals surface area (Å²) in [5.41, 5.74) is 3.11. The molecular weight excluding hydrogens is 304 g/mol. The summed E-state index contributed by atoms with van der Waals surface area (Å²) in [6, 6.07) is 13.7. The maximum atomic E-state index is 11.2. The molecule has 1 heterocycles. The number of hydrogen-bond donors (Lipinski definition) is 1. The molecule has 2 aliphatic rings. The number of anilines is 1. The van der Waals surface area contributed by atoms with E-state index in [0.29, 0.717) is 11.7 Å². The van der Waals surface area contributed by atoms with Gasteiger partial charge in [-0.1, -0.05) is 42.5 Å². The van der Waals surface area contributed by atoms with Gasteiger partial charge in [-0.05, 0) is 23.5 Å². The lowest BCUT2D eigenvalue weighted by Gasteiger charge is -2.38. The van der Waals surface area contributed by atoms with Gasteiger partial charge in [-0.2, -0.15) is 0 Å². The zero-order valence-electron chi connectivity index (χ0n) is 13.3. The number of hydrogen-bond acceptors (Lipinski definition) is 4. The maximum absolute atomic E-state index is 11.2. The van der Waals surface area contributed by atoms with E-state index in [4.69, 9.17) is 4.74 Å². The van der Waals surface area contributed by atoms with Crippen molar-refractivity contribution in [1.29, 1.82) is 0 Å². The van der Waals surface area contributed by atoms with E-state index in [-0.39, 0.29) is 22.6 Å². The first kappa shape index (κ1) is 14.8. The molecule has 0 bridgehead atoms. The Morgan fingerprint density at radius 1 is 1.25 bits per heavy atom. The van der Waals surface area contributed by atoms with E-state index in [1.165, 1.54) is 11.6 Å². The molecule has 5 heteroatoms. The number of nitrogens with zero attached hydrogens (tertiary/aromatic N) is 1. The van der Waals surface area contributed by atoms with Crippen LogP contribution in [0.4, 0.5) is 11.4 Å². The number of allylic oxidation sites excluding steroid dienone is 2. The van der Waals surface area contributed by atoms with Gasteiger partial charge in [0.15, 0.2) is 0 Å². The predicted octanol–water partition coefficient (Wildman–Crippen LogP) is 4.43. The topological polar surface area (TPSA) is 64.4 Å². The van der Waals surface area contributed by atoms with Crippen molar-refractivity contribution in [3.8, 4) is 5.75 Å². The van der Waals surface area contributed by atoms with Crippen molar-refractivity contribution in [2.24, 2.45) is 5.92 Å². The average molecular weight is 322 g/mol. The molecule has 2 aromatic rings. The third kappa shape index (κ3) is 2.24. The summed E-state index contributed by atoms with van der Waals surface area (Å²) in [5, 5.41) is 14.8. The minimum Gasteiger partial charge on any atom is -0.494 e. The first-order chi connectivity index (χ1) is 11.7. The number of fused-ring (bicyclic) bond motifs is 3. The Labute approximate surface area is 140 Å². The average Bonchev–Trinajstić information content (AvgIpc) is 3.10. The van der Waals surface area contributed by atoms with Crippen molar-refractivity contribution < 1.29 is 9.66 Å². The maximum Gasteiger partial charge on any atom is 0.273 e. The Kier molecular flexibility index (Phi) is 3.49. The zero-order valence-corrected chi connectivity index (χ0v) is 13.3. The highest BCUT2D eigenvalue weighted by Gasteiger charge is 2.40. The minimum atomic E-state index is -0.361. The second-order valence-electron chi connectivity index (χ2n) is 6.26. The van der Waals surface area contributed by atoms with E-state index in [9.17, 15) is 10.1 Å². The lowest BCUT2D eigenvalue weighted by atomic mass is 9.76. The summed E-state index contributed by atoms with van der Waals surface area (Å²) in [5.74, 6) is 1.05. The van der Waals surface area contributed by atoms with Gasteiger partial charge in [0.05, 0.1) is 29.8 Å². The second-order valence-corrected chi connectivity index (χ2v) is 6.26. The van der Waals surface area contributed by atoms with E-state index in [0.717, 1.165) is 17.7 Å². The minimum absolute atomic E-state index is 0.0737. The summed E-state index contributed by atoms with van der Waals surface area (Å²) in [4.78, 5) is 10.9. The van der Waals surface area contributed by atoms with Gasteiger partial charge in [-0.15, -0.1) is 0 Å². The highest BCUT2D eigenvalue weighted by molar-refractivity contribution is 5.71. The fourth-order valence-electron chi connectivity index (χ4n) is 3.91. The Bertz CT molecular complexity index is 817. The Morgan fingerprint density at radius 3 is 2.75 bits per heavy atom. The van der Waals surface area contributed by atoms with Gasteiger partial charge in [0.2, 0.25) is 0 Å². The van der Waals surface area contributed by atoms with E-state index in [2.05, 4.69) is 29.6 Å². The normalized spacial score (nSPS) is 24.0.